The first-order valence-electron chi connectivity index (χ1n) is 7.28. The van der Waals surface area contributed by atoms with Crippen molar-refractivity contribution in [2.24, 2.45) is 0 Å². The van der Waals surface area contributed by atoms with Crippen molar-refractivity contribution >= 4 is 5.78 Å². The average Bonchev–Trinajstić information content (AvgIpc) is 2.42. The van der Waals surface area contributed by atoms with Crippen LogP contribution in [0.4, 0.5) is 0 Å². The Balaban J connectivity index is 2.47. The molecule has 1 atom stereocenters. The number of hydrogen-bond acceptors (Lipinski definition) is 1. The lowest BCUT2D eigenvalue weighted by Gasteiger charge is -2.18. The van der Waals surface area contributed by atoms with E-state index in [4.69, 9.17) is 0 Å². The van der Waals surface area contributed by atoms with Gasteiger partial charge in [-0.05, 0) is 42.5 Å². The van der Waals surface area contributed by atoms with E-state index in [0.717, 1.165) is 24.0 Å². The fourth-order valence-corrected chi connectivity index (χ4v) is 2.76. The highest BCUT2D eigenvalue weighted by molar-refractivity contribution is 5.87. The highest BCUT2D eigenvalue weighted by Gasteiger charge is 2.20. The van der Waals surface area contributed by atoms with Gasteiger partial charge in [0.15, 0.2) is 0 Å². The van der Waals surface area contributed by atoms with Gasteiger partial charge in [-0.3, -0.25) is 4.79 Å². The molecule has 2 aromatic rings. The molecule has 0 aliphatic heterocycles. The van der Waals surface area contributed by atoms with E-state index in [-0.39, 0.29) is 11.7 Å². The summed E-state index contributed by atoms with van der Waals surface area (Å²) in [5, 5.41) is 0. The maximum Gasteiger partial charge on any atom is 0.141 e. The van der Waals surface area contributed by atoms with E-state index in [9.17, 15) is 4.79 Å². The number of carbonyl (C=O) groups excluding carboxylic acids is 1. The van der Waals surface area contributed by atoms with Crippen LogP contribution in [-0.2, 0) is 11.2 Å². The lowest BCUT2D eigenvalue weighted by atomic mass is 9.85. The van der Waals surface area contributed by atoms with Crippen molar-refractivity contribution in [2.75, 3.05) is 0 Å². The van der Waals surface area contributed by atoms with Crippen molar-refractivity contribution in [1.29, 1.82) is 0 Å². The molecule has 0 heterocycles. The molecule has 0 radical (unpaired) electrons. The SMILES string of the molecule is CCCc1cccc(C(C(C)=O)c2ccccc2C)c1. The van der Waals surface area contributed by atoms with E-state index in [1.54, 1.807) is 6.92 Å². The molecule has 0 saturated carbocycles. The standard InChI is InChI=1S/C19H22O/c1-4-8-16-10-7-11-17(13-16)19(15(3)20)18-12-6-5-9-14(18)2/h5-7,9-13,19H,4,8H2,1-3H3. The van der Waals surface area contributed by atoms with Crippen LogP contribution < -0.4 is 0 Å². The fourth-order valence-electron chi connectivity index (χ4n) is 2.76. The molecular weight excluding hydrogens is 244 g/mol. The number of Topliss-reactive ketones (excluding diaryl/α,β-unsaturated/α-hetero) is 1. The topological polar surface area (TPSA) is 17.1 Å². The van der Waals surface area contributed by atoms with Gasteiger partial charge in [-0.1, -0.05) is 61.9 Å². The summed E-state index contributed by atoms with van der Waals surface area (Å²) in [5.41, 5.74) is 4.71. The Morgan fingerprint density at radius 1 is 1.10 bits per heavy atom. The van der Waals surface area contributed by atoms with Gasteiger partial charge >= 0.3 is 0 Å². The molecule has 1 heteroatoms. The molecule has 1 nitrogen and oxygen atoms in total. The fraction of sp³-hybridized carbons (Fsp3) is 0.316. The quantitative estimate of drug-likeness (QED) is 0.768. The minimum atomic E-state index is -0.145. The third-order valence-electron chi connectivity index (χ3n) is 3.73. The van der Waals surface area contributed by atoms with Crippen LogP contribution in [0.5, 0.6) is 0 Å². The molecule has 0 fully saturated rings. The molecule has 0 aliphatic rings. The van der Waals surface area contributed by atoms with Crippen LogP contribution in [-0.4, -0.2) is 5.78 Å². The summed E-state index contributed by atoms with van der Waals surface area (Å²) in [6.45, 7) is 5.93. The molecule has 0 bridgehead atoms. The van der Waals surface area contributed by atoms with Gasteiger partial charge in [0, 0.05) is 0 Å². The number of hydrogen-bond donors (Lipinski definition) is 0. The minimum Gasteiger partial charge on any atom is -0.299 e. The molecule has 0 saturated heterocycles. The number of aryl methyl sites for hydroxylation is 2. The lowest BCUT2D eigenvalue weighted by Crippen LogP contribution is -2.12. The van der Waals surface area contributed by atoms with E-state index in [2.05, 4.69) is 50.2 Å². The predicted molar refractivity (Wildman–Crippen MR) is 84.1 cm³/mol. The normalized spacial score (nSPS) is 12.2. The van der Waals surface area contributed by atoms with Crippen LogP contribution in [0.25, 0.3) is 0 Å². The van der Waals surface area contributed by atoms with Crippen molar-refractivity contribution in [1.82, 2.24) is 0 Å². The van der Waals surface area contributed by atoms with Crippen molar-refractivity contribution < 1.29 is 4.79 Å². The molecule has 0 aliphatic carbocycles. The third kappa shape index (κ3) is 3.16. The van der Waals surface area contributed by atoms with Crippen LogP contribution in [0.3, 0.4) is 0 Å². The van der Waals surface area contributed by atoms with Gasteiger partial charge in [0.2, 0.25) is 0 Å². The monoisotopic (exact) mass is 266 g/mol. The Morgan fingerprint density at radius 2 is 1.85 bits per heavy atom. The largest absolute Gasteiger partial charge is 0.299 e. The number of rotatable bonds is 5. The smallest absolute Gasteiger partial charge is 0.141 e. The molecule has 0 aromatic heterocycles. The number of carbonyl (C=O) groups is 1. The van der Waals surface area contributed by atoms with Crippen molar-refractivity contribution in [3.8, 4) is 0 Å². The predicted octanol–water partition coefficient (Wildman–Crippen LogP) is 4.67. The molecule has 0 spiro atoms. The van der Waals surface area contributed by atoms with E-state index >= 15 is 0 Å². The first-order chi connectivity index (χ1) is 9.63. The molecule has 1 unspecified atom stereocenters. The minimum absolute atomic E-state index is 0.145. The Hall–Kier alpha value is -1.89. The van der Waals surface area contributed by atoms with Gasteiger partial charge in [-0.2, -0.15) is 0 Å². The molecule has 2 aromatic carbocycles. The second-order valence-corrected chi connectivity index (χ2v) is 5.40. The summed E-state index contributed by atoms with van der Waals surface area (Å²) in [4.78, 5) is 12.2. The zero-order chi connectivity index (χ0) is 14.5. The summed E-state index contributed by atoms with van der Waals surface area (Å²) < 4.78 is 0. The Labute approximate surface area is 121 Å². The zero-order valence-corrected chi connectivity index (χ0v) is 12.5. The summed E-state index contributed by atoms with van der Waals surface area (Å²) in [5.74, 6) is 0.0564. The maximum atomic E-state index is 12.2. The lowest BCUT2D eigenvalue weighted by molar-refractivity contribution is -0.117. The van der Waals surface area contributed by atoms with Crippen LogP contribution in [0.15, 0.2) is 48.5 Å². The average molecular weight is 266 g/mol. The van der Waals surface area contributed by atoms with Gasteiger partial charge in [-0.15, -0.1) is 0 Å². The van der Waals surface area contributed by atoms with Gasteiger partial charge in [0.05, 0.1) is 5.92 Å². The van der Waals surface area contributed by atoms with Gasteiger partial charge in [0.25, 0.3) is 0 Å². The molecule has 104 valence electrons. The Morgan fingerprint density at radius 3 is 2.50 bits per heavy atom. The highest BCUT2D eigenvalue weighted by Crippen LogP contribution is 2.28. The number of ketones is 1. The van der Waals surface area contributed by atoms with Gasteiger partial charge < -0.3 is 0 Å². The van der Waals surface area contributed by atoms with Crippen molar-refractivity contribution in [3.05, 3.63) is 70.8 Å². The summed E-state index contributed by atoms with van der Waals surface area (Å²) >= 11 is 0. The van der Waals surface area contributed by atoms with E-state index < -0.39 is 0 Å². The second-order valence-electron chi connectivity index (χ2n) is 5.40. The van der Waals surface area contributed by atoms with Crippen LogP contribution in [0.1, 0.15) is 48.4 Å². The molecular formula is C19H22O. The Bertz CT molecular complexity index is 598. The molecule has 2 rings (SSSR count). The first-order valence-corrected chi connectivity index (χ1v) is 7.28. The molecule has 20 heavy (non-hydrogen) atoms. The van der Waals surface area contributed by atoms with Crippen molar-refractivity contribution in [3.63, 3.8) is 0 Å². The zero-order valence-electron chi connectivity index (χ0n) is 12.5. The highest BCUT2D eigenvalue weighted by atomic mass is 16.1. The third-order valence-corrected chi connectivity index (χ3v) is 3.73. The van der Waals surface area contributed by atoms with E-state index in [1.165, 1.54) is 11.1 Å². The van der Waals surface area contributed by atoms with Crippen molar-refractivity contribution in [2.45, 2.75) is 39.5 Å². The maximum absolute atomic E-state index is 12.2. The van der Waals surface area contributed by atoms with E-state index in [1.807, 2.05) is 12.1 Å². The summed E-state index contributed by atoms with van der Waals surface area (Å²) in [6, 6.07) is 16.6. The van der Waals surface area contributed by atoms with Crippen LogP contribution in [0.2, 0.25) is 0 Å². The number of benzene rings is 2. The first kappa shape index (κ1) is 14.5. The van der Waals surface area contributed by atoms with E-state index in [0.29, 0.717) is 0 Å². The Kier molecular flexibility index (Phi) is 4.73. The van der Waals surface area contributed by atoms with Crippen LogP contribution in [0, 0.1) is 6.92 Å². The summed E-state index contributed by atoms with van der Waals surface area (Å²) in [7, 11) is 0. The van der Waals surface area contributed by atoms with Gasteiger partial charge in [-0.25, -0.2) is 0 Å². The van der Waals surface area contributed by atoms with Gasteiger partial charge in [0.1, 0.15) is 5.78 Å². The molecule has 0 amide bonds. The molecule has 0 N–H and O–H groups in total. The summed E-state index contributed by atoms with van der Waals surface area (Å²) in [6.07, 6.45) is 2.19. The van der Waals surface area contributed by atoms with Crippen LogP contribution >= 0.6 is 0 Å². The second kappa shape index (κ2) is 6.51.